The Balaban J connectivity index is 1.43. The van der Waals surface area contributed by atoms with Gasteiger partial charge in [-0.3, -0.25) is 14.6 Å². The van der Waals surface area contributed by atoms with Crippen molar-refractivity contribution in [2.24, 2.45) is 0 Å². The number of carbonyl (C=O) groups excluding carboxylic acids is 1. The molecule has 2 aromatic carbocycles. The summed E-state index contributed by atoms with van der Waals surface area (Å²) in [5, 5.41) is 13.4. The molecule has 144 valence electrons. The maximum atomic E-state index is 12.4. The molecule has 1 atom stereocenters. The Morgan fingerprint density at radius 3 is 2.33 bits per heavy atom. The van der Waals surface area contributed by atoms with Gasteiger partial charge in [-0.2, -0.15) is 0 Å². The maximum absolute atomic E-state index is 12.4. The second-order valence-corrected chi connectivity index (χ2v) is 7.06. The van der Waals surface area contributed by atoms with E-state index in [1.165, 1.54) is 0 Å². The first kappa shape index (κ1) is 19.5. The first-order valence-corrected chi connectivity index (χ1v) is 9.71. The minimum atomic E-state index is -0.466. The Hall–Kier alpha value is -2.21. The van der Waals surface area contributed by atoms with Crippen molar-refractivity contribution >= 4 is 11.6 Å². The zero-order valence-corrected chi connectivity index (χ0v) is 16.0. The molecule has 0 spiro atoms. The lowest BCUT2D eigenvalue weighted by atomic mass is 10.1. The molecule has 1 amide bonds. The molecule has 0 aliphatic carbocycles. The minimum Gasteiger partial charge on any atom is -0.387 e. The number of carbonyl (C=O) groups is 1. The summed E-state index contributed by atoms with van der Waals surface area (Å²) < 4.78 is 0. The topological polar surface area (TPSA) is 55.8 Å². The van der Waals surface area contributed by atoms with Crippen LogP contribution in [-0.4, -0.2) is 60.1 Å². The number of hydrogen-bond donors (Lipinski definition) is 2. The molecule has 0 bridgehead atoms. The van der Waals surface area contributed by atoms with Crippen LogP contribution in [0.4, 0.5) is 5.69 Å². The second kappa shape index (κ2) is 9.65. The Labute approximate surface area is 161 Å². The fraction of sp³-hybridized carbons (Fsp3) is 0.409. The molecule has 0 aromatic heterocycles. The summed E-state index contributed by atoms with van der Waals surface area (Å²) >= 11 is 0. The minimum absolute atomic E-state index is 0.0358. The van der Waals surface area contributed by atoms with Crippen molar-refractivity contribution in [2.45, 2.75) is 19.4 Å². The van der Waals surface area contributed by atoms with Crippen LogP contribution in [0.5, 0.6) is 0 Å². The lowest BCUT2D eigenvalue weighted by Crippen LogP contribution is -2.49. The Bertz CT molecular complexity index is 727. The van der Waals surface area contributed by atoms with E-state index in [0.29, 0.717) is 13.1 Å². The molecule has 1 aliphatic heterocycles. The van der Waals surface area contributed by atoms with Gasteiger partial charge in [-0.05, 0) is 23.6 Å². The highest BCUT2D eigenvalue weighted by Crippen LogP contribution is 2.16. The number of hydrogen-bond acceptors (Lipinski definition) is 4. The third-order valence-electron chi connectivity index (χ3n) is 5.12. The van der Waals surface area contributed by atoms with E-state index >= 15 is 0 Å². The number of piperazine rings is 1. The van der Waals surface area contributed by atoms with Crippen LogP contribution in [0.1, 0.15) is 24.2 Å². The van der Waals surface area contributed by atoms with Gasteiger partial charge < -0.3 is 10.4 Å². The molecule has 1 heterocycles. The van der Waals surface area contributed by atoms with Crippen LogP contribution in [0.25, 0.3) is 0 Å². The predicted molar refractivity (Wildman–Crippen MR) is 109 cm³/mol. The summed E-state index contributed by atoms with van der Waals surface area (Å²) in [5.41, 5.74) is 3.02. The largest absolute Gasteiger partial charge is 0.387 e. The molecule has 1 saturated heterocycles. The van der Waals surface area contributed by atoms with Crippen molar-refractivity contribution in [3.8, 4) is 0 Å². The van der Waals surface area contributed by atoms with Gasteiger partial charge in [-0.1, -0.05) is 55.5 Å². The van der Waals surface area contributed by atoms with Crippen LogP contribution in [0.2, 0.25) is 0 Å². The lowest BCUT2D eigenvalue weighted by molar-refractivity contribution is -0.117. The summed E-state index contributed by atoms with van der Waals surface area (Å²) in [4.78, 5) is 16.8. The number of aliphatic hydroxyl groups excluding tert-OH is 1. The summed E-state index contributed by atoms with van der Waals surface area (Å²) in [6.45, 7) is 6.54. The average Bonchev–Trinajstić information content (AvgIpc) is 2.70. The van der Waals surface area contributed by atoms with Crippen molar-refractivity contribution in [3.63, 3.8) is 0 Å². The predicted octanol–water partition coefficient (Wildman–Crippen LogP) is 2.54. The highest BCUT2D eigenvalue weighted by molar-refractivity contribution is 5.93. The zero-order valence-electron chi connectivity index (χ0n) is 16.0. The third-order valence-corrected chi connectivity index (χ3v) is 5.12. The molecule has 0 saturated carbocycles. The molecule has 1 fully saturated rings. The Morgan fingerprint density at radius 2 is 1.63 bits per heavy atom. The molecule has 1 aliphatic rings. The van der Waals surface area contributed by atoms with Gasteiger partial charge in [0.05, 0.1) is 12.6 Å². The van der Waals surface area contributed by atoms with Gasteiger partial charge in [0, 0.05) is 38.4 Å². The van der Waals surface area contributed by atoms with Gasteiger partial charge in [-0.25, -0.2) is 0 Å². The normalized spacial score (nSPS) is 16.8. The molecular formula is C22H29N3O2. The standard InChI is InChI=1S/C22H29N3O2/c1-2-18-8-6-7-11-20(18)23-22(27)17-25-14-12-24(13-15-25)16-21(26)19-9-4-3-5-10-19/h3-11,21,26H,2,12-17H2,1H3,(H,23,27)/t21-/m1/s1. The van der Waals surface area contributed by atoms with Gasteiger partial charge in [0.1, 0.15) is 0 Å². The smallest absolute Gasteiger partial charge is 0.238 e. The molecule has 3 rings (SSSR count). The molecule has 2 aromatic rings. The van der Waals surface area contributed by atoms with Crippen LogP contribution in [0.15, 0.2) is 54.6 Å². The van der Waals surface area contributed by atoms with Gasteiger partial charge in [-0.15, -0.1) is 0 Å². The van der Waals surface area contributed by atoms with E-state index in [1.807, 2.05) is 54.6 Å². The Kier molecular flexibility index (Phi) is 6.98. The van der Waals surface area contributed by atoms with E-state index in [2.05, 4.69) is 22.0 Å². The van der Waals surface area contributed by atoms with E-state index in [9.17, 15) is 9.90 Å². The summed E-state index contributed by atoms with van der Waals surface area (Å²) in [7, 11) is 0. The van der Waals surface area contributed by atoms with E-state index in [-0.39, 0.29) is 5.91 Å². The number of anilines is 1. The van der Waals surface area contributed by atoms with E-state index in [4.69, 9.17) is 0 Å². The highest BCUT2D eigenvalue weighted by Gasteiger charge is 2.21. The molecule has 0 unspecified atom stereocenters. The SMILES string of the molecule is CCc1ccccc1NC(=O)CN1CCN(C[C@@H](O)c2ccccc2)CC1. The van der Waals surface area contributed by atoms with Gasteiger partial charge in [0.15, 0.2) is 0 Å². The second-order valence-electron chi connectivity index (χ2n) is 7.06. The number of para-hydroxylation sites is 1. The van der Waals surface area contributed by atoms with E-state index in [1.54, 1.807) is 0 Å². The summed E-state index contributed by atoms with van der Waals surface area (Å²) in [6, 6.07) is 17.7. The van der Waals surface area contributed by atoms with Crippen LogP contribution >= 0.6 is 0 Å². The number of aryl methyl sites for hydroxylation is 1. The van der Waals surface area contributed by atoms with E-state index < -0.39 is 6.10 Å². The fourth-order valence-corrected chi connectivity index (χ4v) is 3.50. The van der Waals surface area contributed by atoms with Gasteiger partial charge >= 0.3 is 0 Å². The summed E-state index contributed by atoms with van der Waals surface area (Å²) in [6.07, 6.45) is 0.436. The van der Waals surface area contributed by atoms with Crippen LogP contribution in [0, 0.1) is 0 Å². The van der Waals surface area contributed by atoms with Crippen molar-refractivity contribution in [1.29, 1.82) is 0 Å². The number of rotatable bonds is 7. The molecule has 2 N–H and O–H groups in total. The Morgan fingerprint density at radius 1 is 1.00 bits per heavy atom. The van der Waals surface area contributed by atoms with Gasteiger partial charge in [0.25, 0.3) is 0 Å². The number of benzene rings is 2. The molecule has 5 nitrogen and oxygen atoms in total. The van der Waals surface area contributed by atoms with Crippen LogP contribution in [0.3, 0.4) is 0 Å². The molecular weight excluding hydrogens is 338 g/mol. The number of nitrogens with zero attached hydrogens (tertiary/aromatic N) is 2. The molecule has 27 heavy (non-hydrogen) atoms. The maximum Gasteiger partial charge on any atom is 0.238 e. The molecule has 5 heteroatoms. The quantitative estimate of drug-likeness (QED) is 0.790. The van der Waals surface area contributed by atoms with Crippen molar-refractivity contribution in [1.82, 2.24) is 9.80 Å². The monoisotopic (exact) mass is 367 g/mol. The van der Waals surface area contributed by atoms with Crippen LogP contribution in [-0.2, 0) is 11.2 Å². The third kappa shape index (κ3) is 5.63. The summed E-state index contributed by atoms with van der Waals surface area (Å²) in [5.74, 6) is 0.0358. The van der Waals surface area contributed by atoms with Crippen molar-refractivity contribution in [2.75, 3.05) is 44.6 Å². The first-order valence-electron chi connectivity index (χ1n) is 9.71. The number of aliphatic hydroxyl groups is 1. The molecule has 0 radical (unpaired) electrons. The highest BCUT2D eigenvalue weighted by atomic mass is 16.3. The van der Waals surface area contributed by atoms with E-state index in [0.717, 1.165) is 49.4 Å². The number of nitrogens with one attached hydrogen (secondary N) is 1. The average molecular weight is 367 g/mol. The fourth-order valence-electron chi connectivity index (χ4n) is 3.50. The lowest BCUT2D eigenvalue weighted by Gasteiger charge is -2.35. The number of β-amino-alcohol motifs (C(OH)–C–C–N with tert-alkyl or cyclic N) is 1. The van der Waals surface area contributed by atoms with Crippen molar-refractivity contribution in [3.05, 3.63) is 65.7 Å². The van der Waals surface area contributed by atoms with Gasteiger partial charge in [0.2, 0.25) is 5.91 Å². The first-order chi connectivity index (χ1) is 13.2. The van der Waals surface area contributed by atoms with Crippen molar-refractivity contribution < 1.29 is 9.90 Å². The number of amides is 1. The van der Waals surface area contributed by atoms with Crippen LogP contribution < -0.4 is 5.32 Å². The zero-order chi connectivity index (χ0) is 19.1.